The lowest BCUT2D eigenvalue weighted by atomic mass is 9.80. The zero-order chi connectivity index (χ0) is 11.8. The van der Waals surface area contributed by atoms with Crippen LogP contribution in [0.25, 0.3) is 0 Å². The molecule has 0 saturated heterocycles. The van der Waals surface area contributed by atoms with Gasteiger partial charge in [-0.2, -0.15) is 0 Å². The number of carbonyl (C=O) groups excluding carboxylic acids is 1. The third kappa shape index (κ3) is 1.83. The lowest BCUT2D eigenvalue weighted by Crippen LogP contribution is -2.17. The number of carbonyl (C=O) groups is 1. The van der Waals surface area contributed by atoms with Gasteiger partial charge < -0.3 is 0 Å². The van der Waals surface area contributed by atoms with Crippen LogP contribution in [-0.2, 0) is 11.2 Å². The molecule has 1 nitrogen and oxygen atoms in total. The molecule has 1 aromatic carbocycles. The highest BCUT2D eigenvalue weighted by Crippen LogP contribution is 2.38. The topological polar surface area (TPSA) is 17.1 Å². The Hall–Kier alpha value is -1.41. The summed E-state index contributed by atoms with van der Waals surface area (Å²) in [7, 11) is 0. The zero-order valence-corrected chi connectivity index (χ0v) is 10.6. The van der Waals surface area contributed by atoms with Gasteiger partial charge in [-0.1, -0.05) is 24.3 Å². The third-order valence-electron chi connectivity index (χ3n) is 3.51. The molecule has 0 radical (unpaired) electrons. The Morgan fingerprint density at radius 2 is 2.00 bits per heavy atom. The first kappa shape index (κ1) is 10.7. The number of rotatable bonds is 1. The van der Waals surface area contributed by atoms with Crippen molar-refractivity contribution in [2.45, 2.75) is 25.7 Å². The predicted molar refractivity (Wildman–Crippen MR) is 70.7 cm³/mol. The van der Waals surface area contributed by atoms with Crippen molar-refractivity contribution in [2.75, 3.05) is 0 Å². The first-order valence-corrected chi connectivity index (χ1v) is 6.77. The average molecular weight is 242 g/mol. The van der Waals surface area contributed by atoms with E-state index >= 15 is 0 Å². The molecule has 0 fully saturated rings. The van der Waals surface area contributed by atoms with E-state index in [1.54, 1.807) is 11.3 Å². The summed E-state index contributed by atoms with van der Waals surface area (Å²) in [6.45, 7) is 2.13. The second kappa shape index (κ2) is 4.11. The second-order valence-corrected chi connectivity index (χ2v) is 5.63. The van der Waals surface area contributed by atoms with E-state index in [0.717, 1.165) is 0 Å². The van der Waals surface area contributed by atoms with Gasteiger partial charge >= 0.3 is 0 Å². The van der Waals surface area contributed by atoms with Crippen molar-refractivity contribution in [3.8, 4) is 0 Å². The van der Waals surface area contributed by atoms with Gasteiger partial charge in [0.15, 0.2) is 0 Å². The van der Waals surface area contributed by atoms with E-state index in [1.807, 2.05) is 0 Å². The minimum absolute atomic E-state index is 0.277. The highest BCUT2D eigenvalue weighted by Gasteiger charge is 2.28. The average Bonchev–Trinajstić information content (AvgIpc) is 2.76. The molecule has 1 atom stereocenters. The third-order valence-corrected chi connectivity index (χ3v) is 4.45. The Kier molecular flexibility index (Phi) is 2.60. The molecule has 0 spiro atoms. The Morgan fingerprint density at radius 1 is 1.18 bits per heavy atom. The fourth-order valence-corrected chi connectivity index (χ4v) is 3.62. The van der Waals surface area contributed by atoms with Crippen molar-refractivity contribution >= 4 is 17.1 Å². The van der Waals surface area contributed by atoms with Crippen molar-refractivity contribution in [1.29, 1.82) is 0 Å². The fraction of sp³-hybridized carbons (Fsp3) is 0.267. The van der Waals surface area contributed by atoms with Crippen LogP contribution in [0.5, 0.6) is 0 Å². The van der Waals surface area contributed by atoms with Crippen molar-refractivity contribution in [3.63, 3.8) is 0 Å². The normalized spacial score (nSPS) is 19.1. The van der Waals surface area contributed by atoms with Crippen LogP contribution < -0.4 is 0 Å². The lowest BCUT2D eigenvalue weighted by molar-refractivity contribution is -0.119. The molecular weight excluding hydrogens is 228 g/mol. The number of hydrogen-bond acceptors (Lipinski definition) is 2. The van der Waals surface area contributed by atoms with E-state index in [2.05, 4.69) is 42.6 Å². The molecule has 86 valence electrons. The van der Waals surface area contributed by atoms with E-state index in [-0.39, 0.29) is 5.92 Å². The van der Waals surface area contributed by atoms with Crippen LogP contribution >= 0.6 is 11.3 Å². The zero-order valence-electron chi connectivity index (χ0n) is 9.77. The molecule has 0 saturated carbocycles. The Balaban J connectivity index is 2.11. The van der Waals surface area contributed by atoms with Gasteiger partial charge in [-0.25, -0.2) is 0 Å². The van der Waals surface area contributed by atoms with Crippen LogP contribution in [0.3, 0.4) is 0 Å². The maximum atomic E-state index is 11.8. The van der Waals surface area contributed by atoms with Gasteiger partial charge in [-0.05, 0) is 35.1 Å². The molecule has 1 unspecified atom stereocenters. The minimum atomic E-state index is 0.277. The molecule has 17 heavy (non-hydrogen) atoms. The molecule has 2 heteroatoms. The van der Waals surface area contributed by atoms with E-state index in [1.165, 1.54) is 21.6 Å². The number of fused-ring (bicyclic) bond motifs is 1. The summed E-state index contributed by atoms with van der Waals surface area (Å²) in [5, 5.41) is 2.11. The number of ketones is 1. The Labute approximate surface area is 105 Å². The van der Waals surface area contributed by atoms with Crippen LogP contribution in [0.1, 0.15) is 33.9 Å². The highest BCUT2D eigenvalue weighted by atomic mass is 32.1. The summed E-state index contributed by atoms with van der Waals surface area (Å²) in [4.78, 5) is 13.1. The highest BCUT2D eigenvalue weighted by molar-refractivity contribution is 7.10. The monoisotopic (exact) mass is 242 g/mol. The first-order valence-electron chi connectivity index (χ1n) is 5.89. The maximum absolute atomic E-state index is 11.8. The van der Waals surface area contributed by atoms with Gasteiger partial charge in [-0.3, -0.25) is 4.79 Å². The molecule has 0 N–H and O–H groups in total. The largest absolute Gasteiger partial charge is 0.299 e. The predicted octanol–water partition coefficient (Wildman–Crippen LogP) is 3.70. The Bertz CT molecular complexity index is 568. The molecule has 0 bridgehead atoms. The van der Waals surface area contributed by atoms with Crippen LogP contribution in [0.15, 0.2) is 35.7 Å². The van der Waals surface area contributed by atoms with E-state index < -0.39 is 0 Å². The molecule has 1 aliphatic carbocycles. The van der Waals surface area contributed by atoms with E-state index in [0.29, 0.717) is 18.6 Å². The summed E-state index contributed by atoms with van der Waals surface area (Å²) in [6.07, 6.45) is 1.30. The van der Waals surface area contributed by atoms with Crippen LogP contribution in [0.4, 0.5) is 0 Å². The number of hydrogen-bond donors (Lipinski definition) is 0. The van der Waals surface area contributed by atoms with Crippen molar-refractivity contribution < 1.29 is 4.79 Å². The van der Waals surface area contributed by atoms with Crippen molar-refractivity contribution in [3.05, 3.63) is 57.3 Å². The van der Waals surface area contributed by atoms with Gasteiger partial charge in [0.2, 0.25) is 0 Å². The van der Waals surface area contributed by atoms with Gasteiger partial charge in [0.25, 0.3) is 0 Å². The number of Topliss-reactive ketones (excluding diaryl/α,β-unsaturated/α-hetero) is 1. The maximum Gasteiger partial charge on any atom is 0.139 e. The first-order chi connectivity index (χ1) is 8.25. The summed E-state index contributed by atoms with van der Waals surface area (Å²) < 4.78 is 0. The summed E-state index contributed by atoms with van der Waals surface area (Å²) in [6, 6.07) is 10.6. The molecule has 3 rings (SSSR count). The second-order valence-electron chi connectivity index (χ2n) is 4.63. The van der Waals surface area contributed by atoms with Crippen molar-refractivity contribution in [2.24, 2.45) is 0 Å². The molecule has 2 aromatic rings. The molecular formula is C15H14OS. The number of aryl methyl sites for hydroxylation is 1. The van der Waals surface area contributed by atoms with Gasteiger partial charge in [0.1, 0.15) is 5.78 Å². The van der Waals surface area contributed by atoms with Gasteiger partial charge in [0, 0.05) is 23.6 Å². The van der Waals surface area contributed by atoms with Crippen molar-refractivity contribution in [1.82, 2.24) is 0 Å². The molecule has 0 aliphatic heterocycles. The van der Waals surface area contributed by atoms with Crippen LogP contribution in [0, 0.1) is 6.92 Å². The number of benzene rings is 1. The van der Waals surface area contributed by atoms with Crippen LogP contribution in [-0.4, -0.2) is 5.78 Å². The van der Waals surface area contributed by atoms with E-state index in [4.69, 9.17) is 0 Å². The summed E-state index contributed by atoms with van der Waals surface area (Å²) in [5.74, 6) is 0.645. The SMILES string of the molecule is Cc1ccccc1C1CC(=O)Cc2sccc21. The van der Waals surface area contributed by atoms with E-state index in [9.17, 15) is 4.79 Å². The summed E-state index contributed by atoms with van der Waals surface area (Å²) in [5.41, 5.74) is 3.95. The lowest BCUT2D eigenvalue weighted by Gasteiger charge is -2.23. The minimum Gasteiger partial charge on any atom is -0.299 e. The molecule has 1 aliphatic rings. The quantitative estimate of drug-likeness (QED) is 0.745. The van der Waals surface area contributed by atoms with Crippen LogP contribution in [0.2, 0.25) is 0 Å². The smallest absolute Gasteiger partial charge is 0.139 e. The molecule has 0 amide bonds. The Morgan fingerprint density at radius 3 is 2.82 bits per heavy atom. The molecule has 1 aromatic heterocycles. The van der Waals surface area contributed by atoms with Gasteiger partial charge in [0.05, 0.1) is 0 Å². The standard InChI is InChI=1S/C15H14OS/c1-10-4-2-3-5-12(10)14-8-11(16)9-15-13(14)6-7-17-15/h2-7,14H,8-9H2,1H3. The molecule has 1 heterocycles. The fourth-order valence-electron chi connectivity index (χ4n) is 2.65. The summed E-state index contributed by atoms with van der Waals surface area (Å²) >= 11 is 1.71. The van der Waals surface area contributed by atoms with Gasteiger partial charge in [-0.15, -0.1) is 11.3 Å². The number of thiophene rings is 1.